The van der Waals surface area contributed by atoms with Crippen LogP contribution in [0, 0.1) is 5.92 Å². The van der Waals surface area contributed by atoms with E-state index in [-0.39, 0.29) is 37.1 Å². The molecular weight excluding hydrogens is 312 g/mol. The van der Waals surface area contributed by atoms with Gasteiger partial charge in [0.2, 0.25) is 0 Å². The largest absolute Gasteiger partial charge is 0.0776 e. The van der Waals surface area contributed by atoms with Crippen molar-refractivity contribution in [1.82, 2.24) is 0 Å². The van der Waals surface area contributed by atoms with Crippen LogP contribution >= 0.6 is 0 Å². The van der Waals surface area contributed by atoms with Crippen LogP contribution in [-0.4, -0.2) is 0 Å². The second kappa shape index (κ2) is 73.5. The molecule has 0 nitrogen and oxygen atoms in total. The molecule has 0 amide bonds. The van der Waals surface area contributed by atoms with Gasteiger partial charge in [-0.05, 0) is 5.92 Å². The van der Waals surface area contributed by atoms with Crippen LogP contribution in [0.25, 0.3) is 0 Å². The molecule has 0 unspecified atom stereocenters. The average molecular weight is 383 g/mol. The predicted molar refractivity (Wildman–Crippen MR) is 139 cm³/mol. The van der Waals surface area contributed by atoms with Crippen LogP contribution in [0.3, 0.4) is 0 Å². The lowest BCUT2D eigenvalue weighted by atomic mass is 9.88. The van der Waals surface area contributed by atoms with E-state index >= 15 is 0 Å². The first-order valence-corrected chi connectivity index (χ1v) is 10.4. The van der Waals surface area contributed by atoms with Crippen molar-refractivity contribution >= 4 is 0 Å². The van der Waals surface area contributed by atoms with Gasteiger partial charge in [0.15, 0.2) is 0 Å². The zero-order valence-corrected chi connectivity index (χ0v) is 17.4. The molecule has 0 aromatic carbocycles. The molecule has 3 fully saturated rings. The first kappa shape index (κ1) is 56.2. The van der Waals surface area contributed by atoms with Crippen LogP contribution in [0.4, 0.5) is 0 Å². The monoisotopic (exact) mass is 383 g/mol. The number of hydrogen-bond donors (Lipinski definition) is 0. The maximum atomic E-state index is 2.31. The highest BCUT2D eigenvalue weighted by molar-refractivity contribution is 4.62. The molecule has 0 heterocycles. The summed E-state index contributed by atoms with van der Waals surface area (Å²) in [4.78, 5) is 0. The zero-order valence-electron chi connectivity index (χ0n) is 17.4. The molecule has 174 valence electrons. The first-order chi connectivity index (χ1) is 10.4. The van der Waals surface area contributed by atoms with Crippen molar-refractivity contribution in [3.8, 4) is 0 Å². The van der Waals surface area contributed by atoms with Crippen molar-refractivity contribution < 1.29 is 0 Å². The van der Waals surface area contributed by atoms with Gasteiger partial charge in [0, 0.05) is 0 Å². The smallest absolute Gasteiger partial charge is 0.0443 e. The highest BCUT2D eigenvalue weighted by atomic mass is 14.1. The van der Waals surface area contributed by atoms with E-state index in [1.165, 1.54) is 70.6 Å². The molecule has 0 aliphatic heterocycles. The van der Waals surface area contributed by atoms with Crippen molar-refractivity contribution in [2.45, 2.75) is 170 Å². The minimum absolute atomic E-state index is 0. The van der Waals surface area contributed by atoms with Gasteiger partial charge < -0.3 is 0 Å². The first-order valence-electron chi connectivity index (χ1n) is 10.4. The highest BCUT2D eigenvalue weighted by Gasteiger charge is 2.09. The number of rotatable bonds is 0. The Labute approximate surface area is 176 Å². The highest BCUT2D eigenvalue weighted by Crippen LogP contribution is 2.24. The Bertz CT molecular complexity index is 78.6. The quantitative estimate of drug-likeness (QED) is 0.390. The van der Waals surface area contributed by atoms with Crippen LogP contribution in [0.15, 0.2) is 0 Å². The van der Waals surface area contributed by atoms with Crippen molar-refractivity contribution in [2.24, 2.45) is 5.92 Å². The molecular formula is C26H70. The summed E-state index contributed by atoms with van der Waals surface area (Å²) in [6.45, 7) is 18.3. The Hall–Kier alpha value is 0. The summed E-state index contributed by atoms with van der Waals surface area (Å²) >= 11 is 0. The fourth-order valence-electron chi connectivity index (χ4n) is 1.11. The van der Waals surface area contributed by atoms with Crippen LogP contribution < -0.4 is 0 Å². The van der Waals surface area contributed by atoms with Gasteiger partial charge in [0.05, 0.1) is 0 Å². The summed E-state index contributed by atoms with van der Waals surface area (Å²) in [6, 6.07) is 0. The van der Waals surface area contributed by atoms with E-state index in [9.17, 15) is 0 Å². The summed E-state index contributed by atoms with van der Waals surface area (Å²) in [7, 11) is 0. The van der Waals surface area contributed by atoms with E-state index in [4.69, 9.17) is 0 Å². The average Bonchev–Trinajstić information content (AvgIpc) is 2.42. The van der Waals surface area contributed by atoms with Gasteiger partial charge in [-0.25, -0.2) is 0 Å². The van der Waals surface area contributed by atoms with Crippen molar-refractivity contribution in [3.63, 3.8) is 0 Å². The maximum absolute atomic E-state index is 2.31. The minimum atomic E-state index is 0. The van der Waals surface area contributed by atoms with Gasteiger partial charge in [-0.3, -0.25) is 0 Å². The van der Waals surface area contributed by atoms with Gasteiger partial charge in [0.1, 0.15) is 0 Å². The van der Waals surface area contributed by atoms with Crippen LogP contribution in [-0.2, 0) is 0 Å². The SMILES string of the molecule is C.C.C.C.C.C1CCC1.C1CCC1.CC.CC.CC.CC.CC1CCC1. The van der Waals surface area contributed by atoms with E-state index in [1.54, 1.807) is 0 Å². The van der Waals surface area contributed by atoms with Crippen molar-refractivity contribution in [2.75, 3.05) is 0 Å². The van der Waals surface area contributed by atoms with Crippen LogP contribution in [0.5, 0.6) is 0 Å². The molecule has 0 atom stereocenters. The van der Waals surface area contributed by atoms with Crippen LogP contribution in [0.2, 0.25) is 0 Å². The Morgan fingerprint density at radius 1 is 0.346 bits per heavy atom. The van der Waals surface area contributed by atoms with Crippen molar-refractivity contribution in [1.29, 1.82) is 0 Å². The lowest BCUT2D eigenvalue weighted by molar-refractivity contribution is 0.346. The molecule has 0 radical (unpaired) electrons. The second-order valence-electron chi connectivity index (χ2n) is 4.86. The van der Waals surface area contributed by atoms with Crippen LogP contribution in [0.1, 0.15) is 170 Å². The summed E-state index contributed by atoms with van der Waals surface area (Å²) in [5, 5.41) is 0. The molecule has 3 rings (SSSR count). The molecule has 26 heavy (non-hydrogen) atoms. The molecule has 3 saturated carbocycles. The van der Waals surface area contributed by atoms with E-state index < -0.39 is 0 Å². The van der Waals surface area contributed by atoms with Gasteiger partial charge in [0.25, 0.3) is 0 Å². The molecule has 3 aliphatic carbocycles. The fraction of sp³-hybridized carbons (Fsp3) is 1.00. The standard InChI is InChI=1S/C5H10.2C4H8.4C2H6.5CH4/c1-5-3-2-4-5;2*1-2-4-3-1;4*1-2;;;;;/h5H,2-4H2,1H3;2*1-4H2;4*1-2H3;5*1H4. The molecule has 0 spiro atoms. The van der Waals surface area contributed by atoms with Crippen molar-refractivity contribution in [3.05, 3.63) is 0 Å². The summed E-state index contributed by atoms with van der Waals surface area (Å²) < 4.78 is 0. The Balaban J connectivity index is -0.0000000187. The zero-order chi connectivity index (χ0) is 17.4. The van der Waals surface area contributed by atoms with Gasteiger partial charge >= 0.3 is 0 Å². The predicted octanol–water partition coefficient (Wildman–Crippen LogP) is 12.2. The fourth-order valence-corrected chi connectivity index (χ4v) is 1.11. The molecule has 0 aromatic rings. The molecule has 0 N–H and O–H groups in total. The Kier molecular flexibility index (Phi) is 159. The second-order valence-corrected chi connectivity index (χ2v) is 4.86. The molecule has 0 saturated heterocycles. The summed E-state index contributed by atoms with van der Waals surface area (Å²) in [5.41, 5.74) is 0. The third-order valence-corrected chi connectivity index (χ3v) is 3.39. The van der Waals surface area contributed by atoms with Gasteiger partial charge in [-0.2, -0.15) is 0 Å². The summed E-state index contributed by atoms with van der Waals surface area (Å²) in [6.07, 6.45) is 16.5. The molecule has 3 aliphatic rings. The molecule has 0 heteroatoms. The lowest BCUT2D eigenvalue weighted by Crippen LogP contribution is -2.04. The van der Waals surface area contributed by atoms with E-state index in [1.807, 2.05) is 55.4 Å². The number of hydrogen-bond acceptors (Lipinski definition) is 0. The van der Waals surface area contributed by atoms with E-state index in [0.717, 1.165) is 5.92 Å². The maximum Gasteiger partial charge on any atom is -0.0443 e. The third-order valence-electron chi connectivity index (χ3n) is 3.39. The molecule has 0 bridgehead atoms. The van der Waals surface area contributed by atoms with Gasteiger partial charge in [-0.1, -0.05) is 170 Å². The third kappa shape index (κ3) is 64.8. The Morgan fingerprint density at radius 3 is 0.462 bits per heavy atom. The Morgan fingerprint density at radius 2 is 0.462 bits per heavy atom. The summed E-state index contributed by atoms with van der Waals surface area (Å²) in [5.74, 6) is 1.06. The molecule has 0 aromatic heterocycles. The minimum Gasteiger partial charge on any atom is -0.0776 e. The normalized spacial score (nSPS) is 13.3. The van der Waals surface area contributed by atoms with E-state index in [2.05, 4.69) is 6.92 Å². The lowest BCUT2D eigenvalue weighted by Gasteiger charge is -2.18. The van der Waals surface area contributed by atoms with Gasteiger partial charge in [-0.15, -0.1) is 0 Å². The topological polar surface area (TPSA) is 0 Å². The van der Waals surface area contributed by atoms with E-state index in [0.29, 0.717) is 0 Å².